The smallest absolute Gasteiger partial charge is 0.236 e. The quantitative estimate of drug-likeness (QED) is 0.425. The van der Waals surface area contributed by atoms with Gasteiger partial charge in [-0.05, 0) is 47.9 Å². The molecule has 2 N–H and O–H groups in total. The minimum Gasteiger partial charge on any atom is -0.236 e. The average molecular weight is 463 g/mol. The van der Waals surface area contributed by atoms with E-state index in [2.05, 4.69) is 4.98 Å². The van der Waals surface area contributed by atoms with E-state index in [0.29, 0.717) is 5.56 Å². The van der Waals surface area contributed by atoms with Gasteiger partial charge in [0.05, 0.1) is 15.8 Å². The summed E-state index contributed by atoms with van der Waals surface area (Å²) in [6.07, 6.45) is -4.51. The SMILES string of the molecule is Cc1ccc2nc(-c3ccc(C(c4ccc(C(F)(F)F)cc4)S(N)(=O)=O)cc3)sc2c1. The number of halogens is 3. The molecule has 31 heavy (non-hydrogen) atoms. The van der Waals surface area contributed by atoms with Crippen LogP contribution in [0.3, 0.4) is 0 Å². The van der Waals surface area contributed by atoms with Crippen molar-refractivity contribution in [3.05, 3.63) is 89.0 Å². The van der Waals surface area contributed by atoms with Crippen molar-refractivity contribution >= 4 is 31.6 Å². The molecule has 160 valence electrons. The largest absolute Gasteiger partial charge is 0.416 e. The van der Waals surface area contributed by atoms with Crippen molar-refractivity contribution in [2.45, 2.75) is 18.3 Å². The predicted octanol–water partition coefficient (Wildman–Crippen LogP) is 5.67. The van der Waals surface area contributed by atoms with Crippen LogP contribution in [-0.4, -0.2) is 13.4 Å². The van der Waals surface area contributed by atoms with Gasteiger partial charge in [-0.15, -0.1) is 11.3 Å². The first-order valence-electron chi connectivity index (χ1n) is 9.19. The highest BCUT2D eigenvalue weighted by molar-refractivity contribution is 7.89. The molecule has 1 atom stereocenters. The molecule has 0 bridgehead atoms. The van der Waals surface area contributed by atoms with Crippen LogP contribution in [0.15, 0.2) is 66.7 Å². The van der Waals surface area contributed by atoms with Crippen molar-refractivity contribution in [1.29, 1.82) is 0 Å². The van der Waals surface area contributed by atoms with Gasteiger partial charge in [-0.25, -0.2) is 18.5 Å². The standard InChI is InChI=1S/C22H17F3N2O2S2/c1-13-2-11-18-19(12-13)30-21(27-18)16-5-3-14(4-6-16)20(31(26,28)29)15-7-9-17(10-8-15)22(23,24)25/h2-12,20H,1H3,(H2,26,28,29). The minimum absolute atomic E-state index is 0.165. The van der Waals surface area contributed by atoms with Crippen molar-refractivity contribution in [1.82, 2.24) is 4.98 Å². The van der Waals surface area contributed by atoms with Gasteiger partial charge in [0.15, 0.2) is 0 Å². The fourth-order valence-electron chi connectivity index (χ4n) is 3.37. The molecule has 0 aliphatic heterocycles. The summed E-state index contributed by atoms with van der Waals surface area (Å²) in [5, 5.41) is 4.93. The number of fused-ring (bicyclic) bond motifs is 1. The molecule has 0 saturated heterocycles. The second-order valence-electron chi connectivity index (χ2n) is 7.20. The van der Waals surface area contributed by atoms with E-state index in [1.807, 2.05) is 25.1 Å². The lowest BCUT2D eigenvalue weighted by atomic mass is 10.0. The molecule has 4 aromatic rings. The van der Waals surface area contributed by atoms with Gasteiger partial charge in [0.2, 0.25) is 10.0 Å². The first-order chi connectivity index (χ1) is 14.5. The van der Waals surface area contributed by atoms with Crippen LogP contribution >= 0.6 is 11.3 Å². The van der Waals surface area contributed by atoms with E-state index in [0.717, 1.165) is 50.6 Å². The highest BCUT2D eigenvalue weighted by Gasteiger charge is 2.32. The number of hydrogen-bond donors (Lipinski definition) is 1. The van der Waals surface area contributed by atoms with Crippen LogP contribution in [0.1, 0.15) is 27.5 Å². The number of alkyl halides is 3. The number of benzene rings is 3. The number of nitrogens with zero attached hydrogens (tertiary/aromatic N) is 1. The second-order valence-corrected chi connectivity index (χ2v) is 9.88. The normalized spacial score (nSPS) is 13.5. The Balaban J connectivity index is 1.70. The van der Waals surface area contributed by atoms with Gasteiger partial charge < -0.3 is 0 Å². The molecular weight excluding hydrogens is 445 g/mol. The minimum atomic E-state index is -4.51. The topological polar surface area (TPSA) is 73.0 Å². The number of nitrogens with two attached hydrogens (primary N) is 1. The molecule has 0 fully saturated rings. The molecule has 4 rings (SSSR count). The van der Waals surface area contributed by atoms with Crippen LogP contribution in [-0.2, 0) is 16.2 Å². The molecule has 1 heterocycles. The van der Waals surface area contributed by atoms with Gasteiger partial charge in [0.25, 0.3) is 0 Å². The van der Waals surface area contributed by atoms with Gasteiger partial charge >= 0.3 is 6.18 Å². The van der Waals surface area contributed by atoms with Crippen LogP contribution in [0.5, 0.6) is 0 Å². The number of aryl methyl sites for hydroxylation is 1. The summed E-state index contributed by atoms with van der Waals surface area (Å²) in [6, 6.07) is 16.7. The Hall–Kier alpha value is -2.75. The predicted molar refractivity (Wildman–Crippen MR) is 116 cm³/mol. The Kier molecular flexibility index (Phi) is 5.36. The van der Waals surface area contributed by atoms with Crippen molar-refractivity contribution in [2.24, 2.45) is 5.14 Å². The molecule has 0 radical (unpaired) electrons. The van der Waals surface area contributed by atoms with Crippen LogP contribution in [0.2, 0.25) is 0 Å². The maximum atomic E-state index is 12.8. The number of aromatic nitrogens is 1. The second kappa shape index (κ2) is 7.74. The average Bonchev–Trinajstić information content (AvgIpc) is 3.10. The van der Waals surface area contributed by atoms with E-state index in [4.69, 9.17) is 5.14 Å². The maximum absolute atomic E-state index is 12.8. The summed E-state index contributed by atoms with van der Waals surface area (Å²) in [7, 11) is -4.12. The number of thiazole rings is 1. The van der Waals surface area contributed by atoms with Gasteiger partial charge in [-0.1, -0.05) is 42.5 Å². The van der Waals surface area contributed by atoms with Crippen LogP contribution in [0, 0.1) is 6.92 Å². The fraction of sp³-hybridized carbons (Fsp3) is 0.136. The molecule has 1 unspecified atom stereocenters. The lowest BCUT2D eigenvalue weighted by Gasteiger charge is -2.17. The van der Waals surface area contributed by atoms with Gasteiger partial charge in [0.1, 0.15) is 10.3 Å². The van der Waals surface area contributed by atoms with E-state index in [9.17, 15) is 21.6 Å². The molecule has 0 saturated carbocycles. The van der Waals surface area contributed by atoms with Crippen molar-refractivity contribution in [3.63, 3.8) is 0 Å². The Labute approximate surface area is 181 Å². The Morgan fingerprint density at radius 2 is 1.52 bits per heavy atom. The molecule has 4 nitrogen and oxygen atoms in total. The summed E-state index contributed by atoms with van der Waals surface area (Å²) in [5.41, 5.74) is 2.49. The van der Waals surface area contributed by atoms with E-state index in [1.165, 1.54) is 11.3 Å². The first kappa shape index (κ1) is 21.5. The Morgan fingerprint density at radius 1 is 0.935 bits per heavy atom. The lowest BCUT2D eigenvalue weighted by molar-refractivity contribution is -0.137. The zero-order valence-corrected chi connectivity index (χ0v) is 17.9. The van der Waals surface area contributed by atoms with Crippen molar-refractivity contribution in [3.8, 4) is 10.6 Å². The van der Waals surface area contributed by atoms with Crippen LogP contribution in [0.4, 0.5) is 13.2 Å². The van der Waals surface area contributed by atoms with Gasteiger partial charge in [0, 0.05) is 5.56 Å². The van der Waals surface area contributed by atoms with Gasteiger partial charge in [-0.3, -0.25) is 0 Å². The molecular formula is C22H17F3N2O2S2. The molecule has 3 aromatic carbocycles. The zero-order valence-electron chi connectivity index (χ0n) is 16.2. The Bertz CT molecular complexity index is 1340. The van der Waals surface area contributed by atoms with E-state index < -0.39 is 27.0 Å². The molecule has 0 spiro atoms. The summed E-state index contributed by atoms with van der Waals surface area (Å²) in [5.74, 6) is 0. The van der Waals surface area contributed by atoms with Crippen LogP contribution in [0.25, 0.3) is 20.8 Å². The number of rotatable bonds is 4. The van der Waals surface area contributed by atoms with E-state index in [1.54, 1.807) is 24.3 Å². The highest BCUT2D eigenvalue weighted by atomic mass is 32.2. The van der Waals surface area contributed by atoms with E-state index >= 15 is 0 Å². The molecule has 0 aliphatic rings. The van der Waals surface area contributed by atoms with Crippen molar-refractivity contribution < 1.29 is 21.6 Å². The lowest BCUT2D eigenvalue weighted by Crippen LogP contribution is -2.22. The van der Waals surface area contributed by atoms with Crippen LogP contribution < -0.4 is 5.14 Å². The fourth-order valence-corrected chi connectivity index (χ4v) is 5.52. The summed E-state index contributed by atoms with van der Waals surface area (Å²) in [6.45, 7) is 2.00. The molecule has 0 aliphatic carbocycles. The number of sulfonamides is 1. The summed E-state index contributed by atoms with van der Waals surface area (Å²) < 4.78 is 64.1. The molecule has 0 amide bonds. The maximum Gasteiger partial charge on any atom is 0.416 e. The third-order valence-corrected chi connectivity index (χ3v) is 7.14. The third-order valence-electron chi connectivity index (χ3n) is 4.87. The monoisotopic (exact) mass is 462 g/mol. The molecule has 9 heteroatoms. The third kappa shape index (κ3) is 4.48. The Morgan fingerprint density at radius 3 is 2.06 bits per heavy atom. The molecule has 1 aromatic heterocycles. The van der Waals surface area contributed by atoms with E-state index in [-0.39, 0.29) is 5.56 Å². The number of primary sulfonamides is 1. The van der Waals surface area contributed by atoms with Crippen molar-refractivity contribution in [2.75, 3.05) is 0 Å². The summed E-state index contributed by atoms with van der Waals surface area (Å²) in [4.78, 5) is 4.61. The summed E-state index contributed by atoms with van der Waals surface area (Å²) >= 11 is 1.52. The highest BCUT2D eigenvalue weighted by Crippen LogP contribution is 2.35. The zero-order chi connectivity index (χ0) is 22.4. The van der Waals surface area contributed by atoms with Gasteiger partial charge in [-0.2, -0.15) is 13.2 Å². The number of hydrogen-bond acceptors (Lipinski definition) is 4. The first-order valence-corrected chi connectivity index (χ1v) is 11.6.